The Kier molecular flexibility index (Phi) is 8.12. The van der Waals surface area contributed by atoms with Crippen LogP contribution >= 0.6 is 0 Å². The first kappa shape index (κ1) is 16.4. The second-order valence-electron chi connectivity index (χ2n) is 4.49. The van der Waals surface area contributed by atoms with Crippen molar-refractivity contribution in [3.05, 3.63) is 0 Å². The minimum Gasteiger partial charge on any atom is -0.394 e. The van der Waals surface area contributed by atoms with Crippen LogP contribution in [-0.2, 0) is 4.79 Å². The summed E-state index contributed by atoms with van der Waals surface area (Å²) >= 11 is 0. The molecule has 0 aliphatic heterocycles. The summed E-state index contributed by atoms with van der Waals surface area (Å²) < 4.78 is 0. The highest BCUT2D eigenvalue weighted by Gasteiger charge is 2.31. The Morgan fingerprint density at radius 1 is 1.18 bits per heavy atom. The predicted octanol–water partition coefficient (Wildman–Crippen LogP) is 0.0347. The third-order valence-electron chi connectivity index (χ3n) is 3.07. The molecular weight excluding hydrogens is 222 g/mol. The molecule has 0 rings (SSSR count). The normalized spacial score (nSPS) is 13.5. The van der Waals surface area contributed by atoms with Crippen molar-refractivity contribution in [2.75, 3.05) is 19.8 Å². The molecule has 1 atom stereocenters. The van der Waals surface area contributed by atoms with Gasteiger partial charge in [-0.05, 0) is 12.8 Å². The fourth-order valence-electron chi connectivity index (χ4n) is 1.60. The molecule has 0 saturated carbocycles. The molecule has 0 radical (unpaired) electrons. The number of aliphatic hydroxyl groups excluding tert-OH is 3. The highest BCUT2D eigenvalue weighted by atomic mass is 16.3. The zero-order valence-corrected chi connectivity index (χ0v) is 10.8. The molecule has 0 saturated heterocycles. The van der Waals surface area contributed by atoms with E-state index in [1.807, 2.05) is 6.92 Å². The third kappa shape index (κ3) is 5.02. The SMILES string of the molecule is CCCCC(CC)C(=O)NC(CO)(CO)CO. The van der Waals surface area contributed by atoms with Crippen molar-refractivity contribution in [1.82, 2.24) is 5.32 Å². The van der Waals surface area contributed by atoms with Crippen LogP contribution in [0.25, 0.3) is 0 Å². The molecule has 17 heavy (non-hydrogen) atoms. The van der Waals surface area contributed by atoms with Gasteiger partial charge in [0.05, 0.1) is 19.8 Å². The van der Waals surface area contributed by atoms with Crippen molar-refractivity contribution in [3.63, 3.8) is 0 Å². The monoisotopic (exact) mass is 247 g/mol. The summed E-state index contributed by atoms with van der Waals surface area (Å²) in [4.78, 5) is 11.9. The molecule has 4 N–H and O–H groups in total. The number of nitrogens with one attached hydrogen (secondary N) is 1. The molecule has 0 fully saturated rings. The van der Waals surface area contributed by atoms with E-state index in [-0.39, 0.29) is 11.8 Å². The Bertz CT molecular complexity index is 208. The van der Waals surface area contributed by atoms with Gasteiger partial charge in [0.15, 0.2) is 0 Å². The van der Waals surface area contributed by atoms with E-state index in [1.54, 1.807) is 0 Å². The maximum Gasteiger partial charge on any atom is 0.223 e. The summed E-state index contributed by atoms with van der Waals surface area (Å²) in [7, 11) is 0. The second kappa shape index (κ2) is 8.44. The Morgan fingerprint density at radius 3 is 2.06 bits per heavy atom. The molecule has 0 aromatic heterocycles. The fraction of sp³-hybridized carbons (Fsp3) is 0.917. The standard InChI is InChI=1S/C12H25NO4/c1-3-5-6-10(4-2)11(17)13-12(7-14,8-15)9-16/h10,14-16H,3-9H2,1-2H3,(H,13,17). The van der Waals surface area contributed by atoms with E-state index in [0.717, 1.165) is 19.3 Å². The van der Waals surface area contributed by atoms with Crippen LogP contribution in [0.1, 0.15) is 39.5 Å². The number of amides is 1. The maximum absolute atomic E-state index is 11.9. The van der Waals surface area contributed by atoms with Gasteiger partial charge in [-0.2, -0.15) is 0 Å². The van der Waals surface area contributed by atoms with Crippen LogP contribution in [0.15, 0.2) is 0 Å². The largest absolute Gasteiger partial charge is 0.394 e. The van der Waals surface area contributed by atoms with Gasteiger partial charge in [-0.1, -0.05) is 26.7 Å². The van der Waals surface area contributed by atoms with Crippen LogP contribution in [0.3, 0.4) is 0 Å². The molecule has 0 aliphatic carbocycles. The minimum atomic E-state index is -1.31. The molecular formula is C12H25NO4. The molecule has 0 bridgehead atoms. The zero-order valence-electron chi connectivity index (χ0n) is 10.8. The summed E-state index contributed by atoms with van der Waals surface area (Å²) in [6.45, 7) is 2.56. The highest BCUT2D eigenvalue weighted by molar-refractivity contribution is 5.79. The lowest BCUT2D eigenvalue weighted by atomic mass is 9.95. The van der Waals surface area contributed by atoms with Gasteiger partial charge in [0.1, 0.15) is 5.54 Å². The van der Waals surface area contributed by atoms with Crippen LogP contribution in [0.2, 0.25) is 0 Å². The van der Waals surface area contributed by atoms with Crippen LogP contribution < -0.4 is 5.32 Å². The number of aliphatic hydroxyl groups is 3. The summed E-state index contributed by atoms with van der Waals surface area (Å²) in [5, 5.41) is 29.9. The van der Waals surface area contributed by atoms with Crippen molar-refractivity contribution in [2.45, 2.75) is 45.1 Å². The topological polar surface area (TPSA) is 89.8 Å². The number of hydrogen-bond acceptors (Lipinski definition) is 4. The van der Waals surface area contributed by atoms with Crippen LogP contribution in [0.5, 0.6) is 0 Å². The van der Waals surface area contributed by atoms with Gasteiger partial charge in [0, 0.05) is 5.92 Å². The van der Waals surface area contributed by atoms with Crippen molar-refractivity contribution in [2.24, 2.45) is 5.92 Å². The number of hydrogen-bond donors (Lipinski definition) is 4. The summed E-state index contributed by atoms with van der Waals surface area (Å²) in [5.41, 5.74) is -1.31. The molecule has 0 aromatic carbocycles. The van der Waals surface area contributed by atoms with Crippen LogP contribution in [-0.4, -0.2) is 46.6 Å². The first-order chi connectivity index (χ1) is 8.09. The van der Waals surface area contributed by atoms with Crippen LogP contribution in [0.4, 0.5) is 0 Å². The first-order valence-corrected chi connectivity index (χ1v) is 6.23. The van der Waals surface area contributed by atoms with Gasteiger partial charge in [-0.3, -0.25) is 4.79 Å². The zero-order chi connectivity index (χ0) is 13.3. The molecule has 1 unspecified atom stereocenters. The Morgan fingerprint density at radius 2 is 1.71 bits per heavy atom. The average molecular weight is 247 g/mol. The van der Waals surface area contributed by atoms with E-state index in [2.05, 4.69) is 12.2 Å². The van der Waals surface area contributed by atoms with E-state index < -0.39 is 25.4 Å². The van der Waals surface area contributed by atoms with Gasteiger partial charge in [0.2, 0.25) is 5.91 Å². The summed E-state index contributed by atoms with van der Waals surface area (Å²) in [6, 6.07) is 0. The van der Waals surface area contributed by atoms with E-state index >= 15 is 0 Å². The lowest BCUT2D eigenvalue weighted by Crippen LogP contribution is -2.58. The minimum absolute atomic E-state index is 0.126. The molecule has 5 nitrogen and oxygen atoms in total. The molecule has 5 heteroatoms. The lowest BCUT2D eigenvalue weighted by Gasteiger charge is -2.30. The number of unbranched alkanes of at least 4 members (excludes halogenated alkanes) is 1. The quantitative estimate of drug-likeness (QED) is 0.463. The smallest absolute Gasteiger partial charge is 0.223 e. The Hall–Kier alpha value is -0.650. The Balaban J connectivity index is 4.46. The average Bonchev–Trinajstić information content (AvgIpc) is 2.37. The Labute approximate surface area is 103 Å². The van der Waals surface area contributed by atoms with Crippen LogP contribution in [0, 0.1) is 5.92 Å². The fourth-order valence-corrected chi connectivity index (χ4v) is 1.60. The summed E-state index contributed by atoms with van der Waals surface area (Å²) in [5.74, 6) is -0.336. The van der Waals surface area contributed by atoms with Gasteiger partial charge in [-0.15, -0.1) is 0 Å². The van der Waals surface area contributed by atoms with Gasteiger partial charge < -0.3 is 20.6 Å². The number of carbonyl (C=O) groups is 1. The molecule has 0 spiro atoms. The first-order valence-electron chi connectivity index (χ1n) is 6.23. The number of rotatable bonds is 9. The third-order valence-corrected chi connectivity index (χ3v) is 3.07. The summed E-state index contributed by atoms with van der Waals surface area (Å²) in [6.07, 6.45) is 3.49. The van der Waals surface area contributed by atoms with E-state index in [0.29, 0.717) is 6.42 Å². The predicted molar refractivity (Wildman–Crippen MR) is 65.4 cm³/mol. The van der Waals surface area contributed by atoms with E-state index in [4.69, 9.17) is 15.3 Å². The van der Waals surface area contributed by atoms with Crippen molar-refractivity contribution in [1.29, 1.82) is 0 Å². The van der Waals surface area contributed by atoms with Crippen molar-refractivity contribution in [3.8, 4) is 0 Å². The molecule has 0 heterocycles. The number of carbonyl (C=O) groups excluding carboxylic acids is 1. The lowest BCUT2D eigenvalue weighted by molar-refractivity contribution is -0.129. The van der Waals surface area contributed by atoms with E-state index in [9.17, 15) is 4.79 Å². The molecule has 0 aliphatic rings. The molecule has 102 valence electrons. The molecule has 1 amide bonds. The second-order valence-corrected chi connectivity index (χ2v) is 4.49. The van der Waals surface area contributed by atoms with Gasteiger partial charge >= 0.3 is 0 Å². The van der Waals surface area contributed by atoms with Gasteiger partial charge in [0.25, 0.3) is 0 Å². The van der Waals surface area contributed by atoms with Crippen molar-refractivity contribution < 1.29 is 20.1 Å². The van der Waals surface area contributed by atoms with E-state index in [1.165, 1.54) is 0 Å². The van der Waals surface area contributed by atoms with Gasteiger partial charge in [-0.25, -0.2) is 0 Å². The van der Waals surface area contributed by atoms with Crippen molar-refractivity contribution >= 4 is 5.91 Å². The highest BCUT2D eigenvalue weighted by Crippen LogP contribution is 2.14. The molecule has 0 aromatic rings. The maximum atomic E-state index is 11.9.